The summed E-state index contributed by atoms with van der Waals surface area (Å²) in [6.07, 6.45) is 0.721. The summed E-state index contributed by atoms with van der Waals surface area (Å²) in [7, 11) is 1.79. The van der Waals surface area contributed by atoms with Crippen molar-refractivity contribution < 1.29 is 13.6 Å². The van der Waals surface area contributed by atoms with E-state index in [1.54, 1.807) is 36.0 Å². The second kappa shape index (κ2) is 7.03. The molecule has 0 radical (unpaired) electrons. The average Bonchev–Trinajstić information content (AvgIpc) is 3.05. The summed E-state index contributed by atoms with van der Waals surface area (Å²) < 4.78 is 28.5. The van der Waals surface area contributed by atoms with E-state index in [-0.39, 0.29) is 17.9 Å². The first-order chi connectivity index (χ1) is 13.0. The lowest BCUT2D eigenvalue weighted by atomic mass is 9.85. The predicted molar refractivity (Wildman–Crippen MR) is 96.3 cm³/mol. The van der Waals surface area contributed by atoms with Gasteiger partial charge in [0.1, 0.15) is 5.52 Å². The number of amides is 1. The standard InChI is InChI=1S/C19H19F2N5O/c1-26-18-5-3-12(9-16(18)24-25-26)19(27)23-17-10-22-7-6-13(17)11-2-4-14(20)15(21)8-11/h2-5,8-9,13,17,22H,6-7,10H2,1H3,(H,23,27). The zero-order valence-electron chi connectivity index (χ0n) is 14.7. The van der Waals surface area contributed by atoms with Gasteiger partial charge in [-0.15, -0.1) is 5.10 Å². The number of nitrogens with zero attached hydrogens (tertiary/aromatic N) is 3. The Morgan fingerprint density at radius 1 is 1.22 bits per heavy atom. The molecular formula is C19H19F2N5O. The monoisotopic (exact) mass is 371 g/mol. The maximum Gasteiger partial charge on any atom is 0.251 e. The van der Waals surface area contributed by atoms with E-state index in [0.717, 1.165) is 24.5 Å². The lowest BCUT2D eigenvalue weighted by Crippen LogP contribution is -2.50. The van der Waals surface area contributed by atoms with E-state index in [1.165, 1.54) is 6.07 Å². The van der Waals surface area contributed by atoms with Gasteiger partial charge in [0.25, 0.3) is 5.91 Å². The molecule has 6 nitrogen and oxygen atoms in total. The quantitative estimate of drug-likeness (QED) is 0.740. The van der Waals surface area contributed by atoms with E-state index in [4.69, 9.17) is 0 Å². The highest BCUT2D eigenvalue weighted by atomic mass is 19.2. The normalized spacial score (nSPS) is 20.0. The van der Waals surface area contributed by atoms with Gasteiger partial charge in [-0.2, -0.15) is 0 Å². The molecular weight excluding hydrogens is 352 g/mol. The van der Waals surface area contributed by atoms with Crippen LogP contribution in [0.5, 0.6) is 0 Å². The van der Waals surface area contributed by atoms with Crippen LogP contribution in [0.3, 0.4) is 0 Å². The van der Waals surface area contributed by atoms with Crippen LogP contribution in [0, 0.1) is 11.6 Å². The van der Waals surface area contributed by atoms with Gasteiger partial charge in [0.15, 0.2) is 11.6 Å². The SMILES string of the molecule is Cn1nnc2cc(C(=O)NC3CNCCC3c3ccc(F)c(F)c3)ccc21. The summed E-state index contributed by atoms with van der Waals surface area (Å²) in [6.45, 7) is 1.31. The van der Waals surface area contributed by atoms with Crippen LogP contribution < -0.4 is 10.6 Å². The molecule has 140 valence electrons. The fraction of sp³-hybridized carbons (Fsp3) is 0.316. The van der Waals surface area contributed by atoms with Crippen LogP contribution in [-0.4, -0.2) is 40.0 Å². The number of carbonyl (C=O) groups excluding carboxylic acids is 1. The molecule has 2 unspecified atom stereocenters. The number of benzene rings is 2. The molecule has 0 aliphatic carbocycles. The molecule has 1 amide bonds. The van der Waals surface area contributed by atoms with Gasteiger partial charge in [-0.1, -0.05) is 11.3 Å². The fourth-order valence-corrected chi connectivity index (χ4v) is 3.59. The summed E-state index contributed by atoms with van der Waals surface area (Å²) in [5.74, 6) is -2.07. The molecule has 2 N–H and O–H groups in total. The van der Waals surface area contributed by atoms with Gasteiger partial charge < -0.3 is 10.6 Å². The van der Waals surface area contributed by atoms with E-state index < -0.39 is 11.6 Å². The van der Waals surface area contributed by atoms with Gasteiger partial charge in [-0.05, 0) is 48.9 Å². The van der Waals surface area contributed by atoms with E-state index in [0.29, 0.717) is 23.2 Å². The number of nitrogens with one attached hydrogen (secondary N) is 2. The topological polar surface area (TPSA) is 71.8 Å². The van der Waals surface area contributed by atoms with E-state index in [2.05, 4.69) is 20.9 Å². The molecule has 2 atom stereocenters. The largest absolute Gasteiger partial charge is 0.347 e. The minimum atomic E-state index is -0.871. The number of aryl methyl sites for hydroxylation is 1. The maximum atomic E-state index is 13.6. The minimum Gasteiger partial charge on any atom is -0.347 e. The summed E-state index contributed by atoms with van der Waals surface area (Å²) in [4.78, 5) is 12.7. The molecule has 0 saturated carbocycles. The lowest BCUT2D eigenvalue weighted by Gasteiger charge is -2.33. The van der Waals surface area contributed by atoms with Crippen molar-refractivity contribution in [2.45, 2.75) is 18.4 Å². The highest BCUT2D eigenvalue weighted by Crippen LogP contribution is 2.27. The maximum absolute atomic E-state index is 13.6. The summed E-state index contributed by atoms with van der Waals surface area (Å²) >= 11 is 0. The Morgan fingerprint density at radius 2 is 2.07 bits per heavy atom. The second-order valence-electron chi connectivity index (χ2n) is 6.77. The Labute approximate surface area is 154 Å². The molecule has 2 heterocycles. The van der Waals surface area contributed by atoms with Crippen molar-refractivity contribution in [2.75, 3.05) is 13.1 Å². The van der Waals surface area contributed by atoms with Crippen molar-refractivity contribution >= 4 is 16.9 Å². The van der Waals surface area contributed by atoms with Crippen LogP contribution in [0.15, 0.2) is 36.4 Å². The van der Waals surface area contributed by atoms with Crippen LogP contribution in [0.4, 0.5) is 8.78 Å². The third kappa shape index (κ3) is 3.40. The van der Waals surface area contributed by atoms with Gasteiger partial charge >= 0.3 is 0 Å². The first-order valence-corrected chi connectivity index (χ1v) is 8.79. The molecule has 4 rings (SSSR count). The first kappa shape index (κ1) is 17.5. The van der Waals surface area contributed by atoms with Gasteiger partial charge in [0, 0.05) is 31.1 Å². The van der Waals surface area contributed by atoms with Crippen LogP contribution in [0.2, 0.25) is 0 Å². The number of rotatable bonds is 3. The number of piperidine rings is 1. The third-order valence-electron chi connectivity index (χ3n) is 5.04. The molecule has 1 aliphatic heterocycles. The van der Waals surface area contributed by atoms with Crippen LogP contribution in [0.25, 0.3) is 11.0 Å². The smallest absolute Gasteiger partial charge is 0.251 e. The Kier molecular flexibility index (Phi) is 4.57. The number of aromatic nitrogens is 3. The van der Waals surface area contributed by atoms with Crippen LogP contribution >= 0.6 is 0 Å². The second-order valence-corrected chi connectivity index (χ2v) is 6.77. The number of hydrogen-bond acceptors (Lipinski definition) is 4. The summed E-state index contributed by atoms with van der Waals surface area (Å²) in [5.41, 5.74) is 2.65. The van der Waals surface area contributed by atoms with Gasteiger partial charge in [-0.3, -0.25) is 4.79 Å². The average molecular weight is 371 g/mol. The predicted octanol–water partition coefficient (Wildman–Crippen LogP) is 2.12. The first-order valence-electron chi connectivity index (χ1n) is 8.79. The van der Waals surface area contributed by atoms with Crippen molar-refractivity contribution in [1.29, 1.82) is 0 Å². The Hall–Kier alpha value is -2.87. The van der Waals surface area contributed by atoms with Crippen molar-refractivity contribution in [1.82, 2.24) is 25.6 Å². The van der Waals surface area contributed by atoms with Crippen LogP contribution in [0.1, 0.15) is 28.3 Å². The number of carbonyl (C=O) groups is 1. The zero-order chi connectivity index (χ0) is 19.0. The van der Waals surface area contributed by atoms with Crippen LogP contribution in [-0.2, 0) is 7.05 Å². The molecule has 2 aromatic carbocycles. The van der Waals surface area contributed by atoms with E-state index >= 15 is 0 Å². The van der Waals surface area contributed by atoms with Crippen molar-refractivity contribution in [3.63, 3.8) is 0 Å². The van der Waals surface area contributed by atoms with Gasteiger partial charge in [0.2, 0.25) is 0 Å². The molecule has 0 bridgehead atoms. The molecule has 8 heteroatoms. The van der Waals surface area contributed by atoms with E-state index in [9.17, 15) is 13.6 Å². The molecule has 1 fully saturated rings. The number of hydrogen-bond donors (Lipinski definition) is 2. The molecule has 1 aromatic heterocycles. The van der Waals surface area contributed by atoms with Crippen molar-refractivity contribution in [3.05, 3.63) is 59.2 Å². The highest BCUT2D eigenvalue weighted by molar-refractivity contribution is 5.97. The molecule has 1 aliphatic rings. The summed E-state index contributed by atoms with van der Waals surface area (Å²) in [5, 5.41) is 14.2. The fourth-order valence-electron chi connectivity index (χ4n) is 3.59. The summed E-state index contributed by atoms with van der Waals surface area (Å²) in [6, 6.07) is 8.93. The number of halogens is 2. The lowest BCUT2D eigenvalue weighted by molar-refractivity contribution is 0.0924. The Balaban J connectivity index is 1.56. The van der Waals surface area contributed by atoms with Gasteiger partial charge in [-0.25, -0.2) is 13.5 Å². The molecule has 3 aromatic rings. The molecule has 0 spiro atoms. The highest BCUT2D eigenvalue weighted by Gasteiger charge is 2.28. The Bertz CT molecular complexity index is 1000. The van der Waals surface area contributed by atoms with Gasteiger partial charge in [0.05, 0.1) is 5.52 Å². The molecule has 27 heavy (non-hydrogen) atoms. The number of fused-ring (bicyclic) bond motifs is 1. The van der Waals surface area contributed by atoms with E-state index in [1.807, 2.05) is 0 Å². The minimum absolute atomic E-state index is 0.0921. The zero-order valence-corrected chi connectivity index (χ0v) is 14.7. The van der Waals surface area contributed by atoms with Crippen molar-refractivity contribution in [2.24, 2.45) is 7.05 Å². The Morgan fingerprint density at radius 3 is 2.89 bits per heavy atom. The van der Waals surface area contributed by atoms with Crippen molar-refractivity contribution in [3.8, 4) is 0 Å². The molecule has 1 saturated heterocycles. The third-order valence-corrected chi connectivity index (χ3v) is 5.04.